The first kappa shape index (κ1) is 9.46. The molecule has 0 unspecified atom stereocenters. The molecule has 1 aromatic carbocycles. The van der Waals surface area contributed by atoms with Gasteiger partial charge in [-0.05, 0) is 17.7 Å². The molecule has 1 aliphatic rings. The fourth-order valence-electron chi connectivity index (χ4n) is 1.38. The predicted octanol–water partition coefficient (Wildman–Crippen LogP) is 2.99. The standard InChI is InChI=1S/C11H9BrO2/c12-9-3-1-8(2-4-9)11-7-10(13)5-6-14-11/h1-6,11H,7H2/t11-/m0/s1. The first-order valence-corrected chi connectivity index (χ1v) is 5.15. The van der Waals surface area contributed by atoms with Crippen LogP contribution in [0.5, 0.6) is 0 Å². The maximum Gasteiger partial charge on any atom is 0.162 e. The van der Waals surface area contributed by atoms with Crippen molar-refractivity contribution in [3.8, 4) is 0 Å². The van der Waals surface area contributed by atoms with Crippen LogP contribution in [0.4, 0.5) is 0 Å². The van der Waals surface area contributed by atoms with Crippen molar-refractivity contribution in [2.75, 3.05) is 0 Å². The van der Waals surface area contributed by atoms with Gasteiger partial charge in [-0.2, -0.15) is 0 Å². The molecule has 2 rings (SSSR count). The summed E-state index contributed by atoms with van der Waals surface area (Å²) in [6, 6.07) is 7.81. The number of benzene rings is 1. The zero-order chi connectivity index (χ0) is 9.97. The molecular formula is C11H9BrO2. The lowest BCUT2D eigenvalue weighted by molar-refractivity contribution is -0.118. The molecule has 0 aliphatic carbocycles. The molecule has 1 aliphatic heterocycles. The Kier molecular flexibility index (Phi) is 2.68. The molecule has 72 valence electrons. The fourth-order valence-corrected chi connectivity index (χ4v) is 1.65. The predicted molar refractivity (Wildman–Crippen MR) is 56.7 cm³/mol. The van der Waals surface area contributed by atoms with Crippen LogP contribution < -0.4 is 0 Å². The van der Waals surface area contributed by atoms with Gasteiger partial charge in [0, 0.05) is 10.5 Å². The maximum atomic E-state index is 11.1. The molecule has 3 heteroatoms. The number of ether oxygens (including phenoxy) is 1. The van der Waals surface area contributed by atoms with Gasteiger partial charge < -0.3 is 4.74 Å². The first-order chi connectivity index (χ1) is 6.75. The summed E-state index contributed by atoms with van der Waals surface area (Å²) in [7, 11) is 0. The smallest absolute Gasteiger partial charge is 0.162 e. The Hall–Kier alpha value is -1.09. The number of allylic oxidation sites excluding steroid dienone is 1. The summed E-state index contributed by atoms with van der Waals surface area (Å²) >= 11 is 3.36. The topological polar surface area (TPSA) is 26.3 Å². The largest absolute Gasteiger partial charge is 0.493 e. The summed E-state index contributed by atoms with van der Waals surface area (Å²) < 4.78 is 6.38. The van der Waals surface area contributed by atoms with E-state index in [0.717, 1.165) is 10.0 Å². The summed E-state index contributed by atoms with van der Waals surface area (Å²) in [4.78, 5) is 11.1. The van der Waals surface area contributed by atoms with Gasteiger partial charge in [-0.25, -0.2) is 0 Å². The second-order valence-electron chi connectivity index (χ2n) is 3.15. The highest BCUT2D eigenvalue weighted by Gasteiger charge is 2.18. The van der Waals surface area contributed by atoms with Gasteiger partial charge in [0.15, 0.2) is 5.78 Å². The third-order valence-corrected chi connectivity index (χ3v) is 2.65. The maximum absolute atomic E-state index is 11.1. The van der Waals surface area contributed by atoms with Gasteiger partial charge in [-0.1, -0.05) is 28.1 Å². The molecule has 0 amide bonds. The van der Waals surface area contributed by atoms with E-state index in [1.807, 2.05) is 24.3 Å². The summed E-state index contributed by atoms with van der Waals surface area (Å²) in [6.07, 6.45) is 3.24. The van der Waals surface area contributed by atoms with Gasteiger partial charge in [-0.3, -0.25) is 4.79 Å². The molecule has 0 spiro atoms. The Morgan fingerprint density at radius 2 is 2.00 bits per heavy atom. The van der Waals surface area contributed by atoms with Gasteiger partial charge in [0.05, 0.1) is 12.7 Å². The Balaban J connectivity index is 2.19. The molecule has 0 bridgehead atoms. The van der Waals surface area contributed by atoms with Crippen molar-refractivity contribution in [1.29, 1.82) is 0 Å². The lowest BCUT2D eigenvalue weighted by Gasteiger charge is -2.18. The minimum atomic E-state index is -0.124. The number of halogens is 1. The van der Waals surface area contributed by atoms with E-state index in [1.54, 1.807) is 0 Å². The van der Waals surface area contributed by atoms with Crippen LogP contribution >= 0.6 is 15.9 Å². The zero-order valence-corrected chi connectivity index (χ0v) is 9.03. The van der Waals surface area contributed by atoms with E-state index >= 15 is 0 Å². The van der Waals surface area contributed by atoms with E-state index in [1.165, 1.54) is 12.3 Å². The minimum Gasteiger partial charge on any atom is -0.493 e. The van der Waals surface area contributed by atoms with Crippen LogP contribution in [-0.4, -0.2) is 5.78 Å². The zero-order valence-electron chi connectivity index (χ0n) is 7.44. The van der Waals surface area contributed by atoms with E-state index in [9.17, 15) is 4.79 Å². The Labute approximate surface area is 90.7 Å². The van der Waals surface area contributed by atoms with Crippen molar-refractivity contribution >= 4 is 21.7 Å². The van der Waals surface area contributed by atoms with Crippen LogP contribution in [0.2, 0.25) is 0 Å². The highest BCUT2D eigenvalue weighted by atomic mass is 79.9. The minimum absolute atomic E-state index is 0.115. The highest BCUT2D eigenvalue weighted by molar-refractivity contribution is 9.10. The molecular weight excluding hydrogens is 244 g/mol. The first-order valence-electron chi connectivity index (χ1n) is 4.36. The summed E-state index contributed by atoms with van der Waals surface area (Å²) in [5.41, 5.74) is 1.03. The number of carbonyl (C=O) groups excluding carboxylic acids is 1. The second-order valence-corrected chi connectivity index (χ2v) is 4.07. The van der Waals surface area contributed by atoms with Crippen molar-refractivity contribution in [2.45, 2.75) is 12.5 Å². The molecule has 2 nitrogen and oxygen atoms in total. The number of hydrogen-bond acceptors (Lipinski definition) is 2. The van der Waals surface area contributed by atoms with Crippen molar-refractivity contribution < 1.29 is 9.53 Å². The Morgan fingerprint density at radius 3 is 2.64 bits per heavy atom. The van der Waals surface area contributed by atoms with Crippen LogP contribution in [0.3, 0.4) is 0 Å². The van der Waals surface area contributed by atoms with Crippen LogP contribution in [0.1, 0.15) is 18.1 Å². The molecule has 1 heterocycles. The molecule has 14 heavy (non-hydrogen) atoms. The lowest BCUT2D eigenvalue weighted by Crippen LogP contribution is -2.10. The van der Waals surface area contributed by atoms with E-state index in [4.69, 9.17) is 4.74 Å². The van der Waals surface area contributed by atoms with Crippen molar-refractivity contribution in [1.82, 2.24) is 0 Å². The summed E-state index contributed by atoms with van der Waals surface area (Å²) in [5, 5.41) is 0. The third kappa shape index (κ3) is 2.04. The third-order valence-electron chi connectivity index (χ3n) is 2.13. The molecule has 0 N–H and O–H groups in total. The van der Waals surface area contributed by atoms with Gasteiger partial charge in [-0.15, -0.1) is 0 Å². The number of carbonyl (C=O) groups is 1. The molecule has 1 atom stereocenters. The van der Waals surface area contributed by atoms with Crippen molar-refractivity contribution in [3.63, 3.8) is 0 Å². The normalized spacial score (nSPS) is 20.6. The Bertz CT molecular complexity index is 367. The van der Waals surface area contributed by atoms with E-state index in [0.29, 0.717) is 6.42 Å². The van der Waals surface area contributed by atoms with Gasteiger partial charge in [0.2, 0.25) is 0 Å². The molecule has 0 aromatic heterocycles. The Morgan fingerprint density at radius 1 is 1.29 bits per heavy atom. The van der Waals surface area contributed by atoms with Crippen LogP contribution in [0, 0.1) is 0 Å². The molecule has 1 aromatic rings. The SMILES string of the molecule is O=C1C=CO[C@H](c2ccc(Br)cc2)C1. The van der Waals surface area contributed by atoms with E-state index in [2.05, 4.69) is 15.9 Å². The van der Waals surface area contributed by atoms with Crippen molar-refractivity contribution in [2.24, 2.45) is 0 Å². The molecule has 0 saturated carbocycles. The summed E-state index contributed by atoms with van der Waals surface area (Å²) in [5.74, 6) is 0.115. The number of ketones is 1. The average Bonchev–Trinajstić information content (AvgIpc) is 2.19. The monoisotopic (exact) mass is 252 g/mol. The van der Waals surface area contributed by atoms with Gasteiger partial charge in [0.1, 0.15) is 6.10 Å². The van der Waals surface area contributed by atoms with Crippen molar-refractivity contribution in [3.05, 3.63) is 46.6 Å². The van der Waals surface area contributed by atoms with E-state index in [-0.39, 0.29) is 11.9 Å². The van der Waals surface area contributed by atoms with Crippen LogP contribution in [0.15, 0.2) is 41.1 Å². The molecule has 0 radical (unpaired) electrons. The fraction of sp³-hybridized carbons (Fsp3) is 0.182. The highest BCUT2D eigenvalue weighted by Crippen LogP contribution is 2.26. The van der Waals surface area contributed by atoms with Crippen LogP contribution in [0.25, 0.3) is 0 Å². The second kappa shape index (κ2) is 3.96. The lowest BCUT2D eigenvalue weighted by atomic mass is 10.0. The summed E-state index contributed by atoms with van der Waals surface area (Å²) in [6.45, 7) is 0. The van der Waals surface area contributed by atoms with Gasteiger partial charge in [0.25, 0.3) is 0 Å². The van der Waals surface area contributed by atoms with E-state index < -0.39 is 0 Å². The average molecular weight is 253 g/mol. The molecule has 0 saturated heterocycles. The quantitative estimate of drug-likeness (QED) is 0.769. The number of hydrogen-bond donors (Lipinski definition) is 0. The number of rotatable bonds is 1. The van der Waals surface area contributed by atoms with Gasteiger partial charge >= 0.3 is 0 Å². The molecule has 0 fully saturated rings. The van der Waals surface area contributed by atoms with Crippen LogP contribution in [-0.2, 0) is 9.53 Å².